The largest absolute Gasteiger partial charge is 0.375 e. The van der Waals surface area contributed by atoms with Gasteiger partial charge in [-0.2, -0.15) is 5.48 Å². The lowest BCUT2D eigenvalue weighted by Crippen LogP contribution is -2.50. The minimum absolute atomic E-state index is 0.187. The number of ether oxygens (including phenoxy) is 1. The highest BCUT2D eigenvalue weighted by Gasteiger charge is 2.42. The van der Waals surface area contributed by atoms with Crippen LogP contribution in [0.4, 0.5) is 0 Å². The van der Waals surface area contributed by atoms with Crippen LogP contribution in [0.25, 0.3) is 0 Å². The third kappa shape index (κ3) is 2.74. The highest BCUT2D eigenvalue weighted by molar-refractivity contribution is 5.13. The van der Waals surface area contributed by atoms with Crippen molar-refractivity contribution < 1.29 is 9.57 Å². The Hall–Kier alpha value is -0.900. The molecule has 1 heterocycles. The van der Waals surface area contributed by atoms with E-state index in [9.17, 15) is 0 Å². The Morgan fingerprint density at radius 2 is 2.11 bits per heavy atom. The number of rotatable bonds is 4. The number of hydroxylamine groups is 1. The zero-order valence-corrected chi connectivity index (χ0v) is 10.7. The normalized spacial score (nSPS) is 25.9. The lowest BCUT2D eigenvalue weighted by atomic mass is 9.74. The number of benzene rings is 1. The van der Waals surface area contributed by atoms with Gasteiger partial charge in [0, 0.05) is 12.6 Å². The van der Waals surface area contributed by atoms with E-state index in [0.717, 1.165) is 19.4 Å². The van der Waals surface area contributed by atoms with Gasteiger partial charge < -0.3 is 4.74 Å². The molecule has 3 nitrogen and oxygen atoms in total. The summed E-state index contributed by atoms with van der Waals surface area (Å²) >= 11 is 0. The summed E-state index contributed by atoms with van der Waals surface area (Å²) in [5.41, 5.74) is 4.60. The fourth-order valence-electron chi connectivity index (χ4n) is 2.86. The first-order chi connectivity index (χ1) is 8.86. The van der Waals surface area contributed by atoms with Crippen LogP contribution in [0.15, 0.2) is 30.3 Å². The van der Waals surface area contributed by atoms with Crippen LogP contribution in [0.1, 0.15) is 37.7 Å². The predicted octanol–water partition coefficient (Wildman–Crippen LogP) is 2.81. The summed E-state index contributed by atoms with van der Waals surface area (Å²) in [5.74, 6) is 0. The second kappa shape index (κ2) is 5.39. The molecule has 3 rings (SSSR count). The summed E-state index contributed by atoms with van der Waals surface area (Å²) in [6.07, 6.45) is 5.92. The topological polar surface area (TPSA) is 30.5 Å². The van der Waals surface area contributed by atoms with Gasteiger partial charge in [-0.25, -0.2) is 0 Å². The molecule has 1 saturated heterocycles. The van der Waals surface area contributed by atoms with Crippen molar-refractivity contribution in [1.29, 1.82) is 0 Å². The maximum absolute atomic E-state index is 5.90. The van der Waals surface area contributed by atoms with Gasteiger partial charge in [-0.1, -0.05) is 30.3 Å². The molecule has 0 amide bonds. The lowest BCUT2D eigenvalue weighted by Gasteiger charge is -2.47. The van der Waals surface area contributed by atoms with Crippen molar-refractivity contribution in [2.45, 2.75) is 50.4 Å². The number of hydrogen-bond donors (Lipinski definition) is 1. The summed E-state index contributed by atoms with van der Waals surface area (Å²) in [7, 11) is 0. The fraction of sp³-hybridized carbons (Fsp3) is 0.600. The molecule has 1 spiro atoms. The lowest BCUT2D eigenvalue weighted by molar-refractivity contribution is -0.152. The van der Waals surface area contributed by atoms with E-state index in [1.54, 1.807) is 0 Å². The molecule has 18 heavy (non-hydrogen) atoms. The van der Waals surface area contributed by atoms with Gasteiger partial charge in [0.15, 0.2) is 0 Å². The van der Waals surface area contributed by atoms with E-state index in [1.807, 2.05) is 18.2 Å². The molecule has 1 atom stereocenters. The van der Waals surface area contributed by atoms with Crippen LogP contribution in [-0.2, 0) is 16.2 Å². The Kier molecular flexibility index (Phi) is 3.64. The van der Waals surface area contributed by atoms with Gasteiger partial charge in [-0.05, 0) is 37.7 Å². The average Bonchev–Trinajstić information content (AvgIpc) is 2.39. The Morgan fingerprint density at radius 3 is 2.83 bits per heavy atom. The third-order valence-corrected chi connectivity index (χ3v) is 4.09. The molecule has 1 aliphatic heterocycles. The van der Waals surface area contributed by atoms with Crippen LogP contribution in [-0.4, -0.2) is 18.2 Å². The zero-order chi connectivity index (χ0) is 12.3. The molecule has 1 saturated carbocycles. The summed E-state index contributed by atoms with van der Waals surface area (Å²) in [4.78, 5) is 5.62. The molecule has 1 aromatic rings. The summed E-state index contributed by atoms with van der Waals surface area (Å²) in [6.45, 7) is 1.50. The molecular formula is C15H21NO2. The highest BCUT2D eigenvalue weighted by atomic mass is 16.6. The minimum atomic E-state index is 0.187. The maximum atomic E-state index is 5.90. The first-order valence-corrected chi connectivity index (χ1v) is 6.92. The SMILES string of the molecule is c1ccc(CONC2CCOC3(CCC3)C2)cc1. The summed E-state index contributed by atoms with van der Waals surface area (Å²) in [5, 5.41) is 0. The minimum Gasteiger partial charge on any atom is -0.375 e. The van der Waals surface area contributed by atoms with Crippen LogP contribution in [0, 0.1) is 0 Å². The van der Waals surface area contributed by atoms with Crippen molar-refractivity contribution in [3.8, 4) is 0 Å². The van der Waals surface area contributed by atoms with E-state index >= 15 is 0 Å². The van der Waals surface area contributed by atoms with E-state index < -0.39 is 0 Å². The van der Waals surface area contributed by atoms with Crippen molar-refractivity contribution in [1.82, 2.24) is 5.48 Å². The van der Waals surface area contributed by atoms with Gasteiger partial charge in [-0.3, -0.25) is 4.84 Å². The number of hydrogen-bond acceptors (Lipinski definition) is 3. The third-order valence-electron chi connectivity index (χ3n) is 4.09. The van der Waals surface area contributed by atoms with Gasteiger partial charge in [0.2, 0.25) is 0 Å². The number of nitrogens with one attached hydrogen (secondary N) is 1. The molecule has 98 valence electrons. The Morgan fingerprint density at radius 1 is 1.28 bits per heavy atom. The van der Waals surface area contributed by atoms with E-state index in [2.05, 4.69) is 17.6 Å². The van der Waals surface area contributed by atoms with Gasteiger partial charge in [0.05, 0.1) is 12.2 Å². The van der Waals surface area contributed by atoms with Gasteiger partial charge in [-0.15, -0.1) is 0 Å². The van der Waals surface area contributed by atoms with E-state index in [-0.39, 0.29) is 5.60 Å². The van der Waals surface area contributed by atoms with E-state index in [4.69, 9.17) is 9.57 Å². The molecule has 1 aliphatic carbocycles. The van der Waals surface area contributed by atoms with Gasteiger partial charge >= 0.3 is 0 Å². The molecule has 0 aromatic heterocycles. The molecule has 2 aliphatic rings. The summed E-state index contributed by atoms with van der Waals surface area (Å²) in [6, 6.07) is 10.7. The molecule has 0 bridgehead atoms. The highest BCUT2D eigenvalue weighted by Crippen LogP contribution is 2.42. The molecular weight excluding hydrogens is 226 g/mol. The summed E-state index contributed by atoms with van der Waals surface area (Å²) < 4.78 is 5.90. The quantitative estimate of drug-likeness (QED) is 0.830. The molecule has 2 fully saturated rings. The van der Waals surface area contributed by atoms with Gasteiger partial charge in [0.1, 0.15) is 0 Å². The second-order valence-corrected chi connectivity index (χ2v) is 5.47. The van der Waals surface area contributed by atoms with Crippen molar-refractivity contribution >= 4 is 0 Å². The van der Waals surface area contributed by atoms with Crippen LogP contribution >= 0.6 is 0 Å². The monoisotopic (exact) mass is 247 g/mol. The predicted molar refractivity (Wildman–Crippen MR) is 69.9 cm³/mol. The molecule has 1 unspecified atom stereocenters. The van der Waals surface area contributed by atoms with Gasteiger partial charge in [0.25, 0.3) is 0 Å². The fourth-order valence-corrected chi connectivity index (χ4v) is 2.86. The zero-order valence-electron chi connectivity index (χ0n) is 10.7. The molecule has 3 heteroatoms. The Bertz CT molecular complexity index is 375. The van der Waals surface area contributed by atoms with Crippen molar-refractivity contribution in [3.63, 3.8) is 0 Å². The van der Waals surface area contributed by atoms with Crippen LogP contribution in [0.3, 0.4) is 0 Å². The first-order valence-electron chi connectivity index (χ1n) is 6.92. The van der Waals surface area contributed by atoms with Crippen molar-refractivity contribution in [2.24, 2.45) is 0 Å². The molecule has 0 radical (unpaired) electrons. The second-order valence-electron chi connectivity index (χ2n) is 5.47. The van der Waals surface area contributed by atoms with E-state index in [1.165, 1.54) is 24.8 Å². The smallest absolute Gasteiger partial charge is 0.0933 e. The first kappa shape index (κ1) is 12.2. The average molecular weight is 247 g/mol. The van der Waals surface area contributed by atoms with E-state index in [0.29, 0.717) is 12.6 Å². The van der Waals surface area contributed by atoms with Crippen LogP contribution in [0.5, 0.6) is 0 Å². The Balaban J connectivity index is 1.43. The van der Waals surface area contributed by atoms with Crippen molar-refractivity contribution in [3.05, 3.63) is 35.9 Å². The molecule has 1 aromatic carbocycles. The van der Waals surface area contributed by atoms with Crippen LogP contribution in [0.2, 0.25) is 0 Å². The van der Waals surface area contributed by atoms with Crippen molar-refractivity contribution in [2.75, 3.05) is 6.61 Å². The molecule has 1 N–H and O–H groups in total. The maximum Gasteiger partial charge on any atom is 0.0933 e. The van der Waals surface area contributed by atoms with Crippen LogP contribution < -0.4 is 5.48 Å². The standard InChI is InChI=1S/C15H21NO2/c1-2-5-13(6-3-1)12-18-16-14-7-10-17-15(11-14)8-4-9-15/h1-3,5-6,14,16H,4,7-12H2. The Labute approximate surface area is 108 Å².